The van der Waals surface area contributed by atoms with Crippen molar-refractivity contribution in [2.24, 2.45) is 11.8 Å². The molecule has 0 spiro atoms. The van der Waals surface area contributed by atoms with Gasteiger partial charge in [-0.25, -0.2) is 0 Å². The largest absolute Gasteiger partial charge is 0.338 e. The first-order valence-electron chi connectivity index (χ1n) is 7.88. The lowest BCUT2D eigenvalue weighted by Gasteiger charge is -2.25. The van der Waals surface area contributed by atoms with Gasteiger partial charge in [-0.1, -0.05) is 18.5 Å². The molecule has 1 heterocycles. The van der Waals surface area contributed by atoms with Gasteiger partial charge in [0, 0.05) is 5.92 Å². The van der Waals surface area contributed by atoms with Crippen LogP contribution in [0, 0.1) is 11.8 Å². The molecule has 0 saturated heterocycles. The molecule has 0 aliphatic heterocycles. The Balaban J connectivity index is 1.46. The van der Waals surface area contributed by atoms with Crippen molar-refractivity contribution in [1.82, 2.24) is 15.5 Å². The quantitative estimate of drug-likeness (QED) is 0.856. The van der Waals surface area contributed by atoms with Crippen molar-refractivity contribution in [3.05, 3.63) is 11.7 Å². The average molecular weight is 263 g/mol. The Morgan fingerprint density at radius 3 is 2.53 bits per heavy atom. The molecule has 19 heavy (non-hydrogen) atoms. The van der Waals surface area contributed by atoms with E-state index in [0.29, 0.717) is 5.92 Å². The Kier molecular flexibility index (Phi) is 4.16. The van der Waals surface area contributed by atoms with Crippen LogP contribution in [0.1, 0.15) is 69.5 Å². The fraction of sp³-hybridized carbons (Fsp3) is 0.867. The summed E-state index contributed by atoms with van der Waals surface area (Å²) in [5.74, 6) is 4.05. The van der Waals surface area contributed by atoms with Crippen LogP contribution in [-0.4, -0.2) is 16.7 Å². The molecule has 2 aliphatic carbocycles. The van der Waals surface area contributed by atoms with Crippen LogP contribution in [0.5, 0.6) is 0 Å². The van der Waals surface area contributed by atoms with Gasteiger partial charge in [0.2, 0.25) is 5.89 Å². The second-order valence-electron chi connectivity index (χ2n) is 6.25. The maximum atomic E-state index is 5.35. The summed E-state index contributed by atoms with van der Waals surface area (Å²) in [7, 11) is 0. The summed E-state index contributed by atoms with van der Waals surface area (Å²) in [6, 6.07) is 0. The molecule has 106 valence electrons. The maximum Gasteiger partial charge on any atom is 0.240 e. The lowest BCUT2D eigenvalue weighted by Crippen LogP contribution is -2.16. The van der Waals surface area contributed by atoms with Crippen molar-refractivity contribution in [3.63, 3.8) is 0 Å². The minimum atomic E-state index is 0.531. The number of hydrogen-bond acceptors (Lipinski definition) is 4. The number of nitrogens with one attached hydrogen (secondary N) is 1. The van der Waals surface area contributed by atoms with E-state index >= 15 is 0 Å². The van der Waals surface area contributed by atoms with Gasteiger partial charge in [0.15, 0.2) is 5.82 Å². The topological polar surface area (TPSA) is 51.0 Å². The molecular formula is C15H25N3O. The predicted octanol–water partition coefficient (Wildman–Crippen LogP) is 3.25. The third kappa shape index (κ3) is 3.56. The van der Waals surface area contributed by atoms with Crippen LogP contribution in [-0.2, 0) is 6.54 Å². The molecule has 4 heteroatoms. The number of aromatic nitrogens is 2. The number of rotatable bonds is 6. The SMILES string of the molecule is CCC1CCC(c2noc(CNCC3CC3)n2)CC1. The van der Waals surface area contributed by atoms with E-state index in [1.165, 1.54) is 44.9 Å². The van der Waals surface area contributed by atoms with Crippen molar-refractivity contribution in [2.45, 2.75) is 64.3 Å². The molecule has 2 saturated carbocycles. The Bertz CT molecular complexity index is 392. The lowest BCUT2D eigenvalue weighted by atomic mass is 9.80. The Hall–Kier alpha value is -0.900. The molecule has 1 N–H and O–H groups in total. The molecule has 1 aromatic rings. The van der Waals surface area contributed by atoms with E-state index in [0.717, 1.165) is 36.6 Å². The molecule has 0 bridgehead atoms. The predicted molar refractivity (Wildman–Crippen MR) is 73.7 cm³/mol. The smallest absolute Gasteiger partial charge is 0.240 e. The number of hydrogen-bond donors (Lipinski definition) is 1. The highest BCUT2D eigenvalue weighted by Gasteiger charge is 2.25. The summed E-state index contributed by atoms with van der Waals surface area (Å²) in [6.07, 6.45) is 9.18. The minimum Gasteiger partial charge on any atom is -0.338 e. The van der Waals surface area contributed by atoms with E-state index in [4.69, 9.17) is 4.52 Å². The second kappa shape index (κ2) is 6.04. The van der Waals surface area contributed by atoms with Gasteiger partial charge in [-0.3, -0.25) is 0 Å². The molecule has 0 amide bonds. The highest BCUT2D eigenvalue weighted by Crippen LogP contribution is 2.35. The van der Waals surface area contributed by atoms with Crippen molar-refractivity contribution >= 4 is 0 Å². The lowest BCUT2D eigenvalue weighted by molar-refractivity contribution is 0.302. The highest BCUT2D eigenvalue weighted by molar-refractivity contribution is 4.97. The van der Waals surface area contributed by atoms with E-state index in [9.17, 15) is 0 Å². The summed E-state index contributed by atoms with van der Waals surface area (Å²) >= 11 is 0. The Morgan fingerprint density at radius 1 is 1.11 bits per heavy atom. The summed E-state index contributed by atoms with van der Waals surface area (Å²) < 4.78 is 5.35. The summed E-state index contributed by atoms with van der Waals surface area (Å²) in [5, 5.41) is 7.58. The van der Waals surface area contributed by atoms with E-state index < -0.39 is 0 Å². The molecule has 2 fully saturated rings. The van der Waals surface area contributed by atoms with Gasteiger partial charge in [0.05, 0.1) is 6.54 Å². The zero-order chi connectivity index (χ0) is 13.1. The third-order valence-corrected chi connectivity index (χ3v) is 4.68. The van der Waals surface area contributed by atoms with Gasteiger partial charge >= 0.3 is 0 Å². The van der Waals surface area contributed by atoms with Crippen molar-refractivity contribution in [3.8, 4) is 0 Å². The van der Waals surface area contributed by atoms with Crippen molar-refractivity contribution in [2.75, 3.05) is 6.54 Å². The zero-order valence-electron chi connectivity index (χ0n) is 11.9. The Labute approximate surface area is 115 Å². The van der Waals surface area contributed by atoms with Crippen molar-refractivity contribution in [1.29, 1.82) is 0 Å². The summed E-state index contributed by atoms with van der Waals surface area (Å²) in [6.45, 7) is 4.12. The molecule has 1 aromatic heterocycles. The van der Waals surface area contributed by atoms with Gasteiger partial charge in [0.1, 0.15) is 0 Å². The molecule has 0 radical (unpaired) electrons. The minimum absolute atomic E-state index is 0.531. The van der Waals surface area contributed by atoms with Gasteiger partial charge in [-0.05, 0) is 56.9 Å². The third-order valence-electron chi connectivity index (χ3n) is 4.68. The molecule has 2 aliphatic rings. The maximum absolute atomic E-state index is 5.35. The molecule has 0 atom stereocenters. The van der Waals surface area contributed by atoms with E-state index in [1.54, 1.807) is 0 Å². The van der Waals surface area contributed by atoms with E-state index in [2.05, 4.69) is 22.4 Å². The standard InChI is InChI=1S/C15H25N3O/c1-2-11-5-7-13(8-6-11)15-17-14(19-18-15)10-16-9-12-3-4-12/h11-13,16H,2-10H2,1H3. The first-order valence-corrected chi connectivity index (χ1v) is 7.88. The van der Waals surface area contributed by atoms with E-state index in [-0.39, 0.29) is 0 Å². The molecule has 4 nitrogen and oxygen atoms in total. The monoisotopic (exact) mass is 263 g/mol. The summed E-state index contributed by atoms with van der Waals surface area (Å²) in [4.78, 5) is 4.56. The molecule has 0 aromatic carbocycles. The Morgan fingerprint density at radius 2 is 1.84 bits per heavy atom. The fourth-order valence-electron chi connectivity index (χ4n) is 3.04. The van der Waals surface area contributed by atoms with Crippen LogP contribution in [0.4, 0.5) is 0 Å². The van der Waals surface area contributed by atoms with E-state index in [1.807, 2.05) is 0 Å². The van der Waals surface area contributed by atoms with Crippen LogP contribution in [0.25, 0.3) is 0 Å². The summed E-state index contributed by atoms with van der Waals surface area (Å²) in [5.41, 5.74) is 0. The van der Waals surface area contributed by atoms with Crippen LogP contribution < -0.4 is 5.32 Å². The highest BCUT2D eigenvalue weighted by atomic mass is 16.5. The second-order valence-corrected chi connectivity index (χ2v) is 6.25. The van der Waals surface area contributed by atoms with Crippen LogP contribution in [0.2, 0.25) is 0 Å². The molecular weight excluding hydrogens is 238 g/mol. The first-order chi connectivity index (χ1) is 9.35. The average Bonchev–Trinajstić information content (AvgIpc) is 3.15. The van der Waals surface area contributed by atoms with Gasteiger partial charge in [-0.2, -0.15) is 4.98 Å². The number of nitrogens with zero attached hydrogens (tertiary/aromatic N) is 2. The van der Waals surface area contributed by atoms with Crippen molar-refractivity contribution < 1.29 is 4.52 Å². The fourth-order valence-corrected chi connectivity index (χ4v) is 3.04. The molecule has 0 unspecified atom stereocenters. The van der Waals surface area contributed by atoms with Gasteiger partial charge in [-0.15, -0.1) is 0 Å². The molecule has 3 rings (SSSR count). The van der Waals surface area contributed by atoms with Crippen LogP contribution >= 0.6 is 0 Å². The van der Waals surface area contributed by atoms with Crippen LogP contribution in [0.15, 0.2) is 4.52 Å². The van der Waals surface area contributed by atoms with Gasteiger partial charge < -0.3 is 9.84 Å². The normalized spacial score (nSPS) is 27.6. The van der Waals surface area contributed by atoms with Crippen LogP contribution in [0.3, 0.4) is 0 Å². The first kappa shape index (κ1) is 13.1. The zero-order valence-corrected chi connectivity index (χ0v) is 11.9. The van der Waals surface area contributed by atoms with Gasteiger partial charge in [0.25, 0.3) is 0 Å².